The number of allylic oxidation sites excluding steroid dienone is 2. The van der Waals surface area contributed by atoms with Crippen molar-refractivity contribution in [2.24, 2.45) is 50.2 Å². The molecular weight excluding hydrogens is 620 g/mol. The fraction of sp³-hybridized carbons (Fsp3) is 0.622. The molecule has 1 heterocycles. The Morgan fingerprint density at radius 3 is 2.14 bits per heavy atom. The maximum Gasteiger partial charge on any atom is 0.310 e. The summed E-state index contributed by atoms with van der Waals surface area (Å²) in [6.07, 6.45) is 9.36. The largest absolute Gasteiger partial charge is 0.481 e. The molecule has 1 saturated heterocycles. The molecule has 6 aliphatic rings. The van der Waals surface area contributed by atoms with E-state index < -0.39 is 23.8 Å². The molecule has 5 fully saturated rings. The number of benzene rings is 3. The molecule has 50 heavy (non-hydrogen) atoms. The van der Waals surface area contributed by atoms with E-state index in [2.05, 4.69) is 102 Å². The number of aliphatic hydroxyl groups excluding tert-OH is 1. The van der Waals surface area contributed by atoms with Crippen molar-refractivity contribution >= 4 is 27.5 Å². The molecule has 2 N–H and O–H groups in total. The van der Waals surface area contributed by atoms with Gasteiger partial charge in [-0.15, -0.1) is 0 Å². The van der Waals surface area contributed by atoms with Gasteiger partial charge in [-0.3, -0.25) is 4.79 Å². The monoisotopic (exact) mass is 676 g/mol. The molecule has 1 aliphatic heterocycles. The van der Waals surface area contributed by atoms with Gasteiger partial charge in [0, 0.05) is 11.0 Å². The smallest absolute Gasteiger partial charge is 0.310 e. The van der Waals surface area contributed by atoms with E-state index in [4.69, 9.17) is 9.47 Å². The van der Waals surface area contributed by atoms with Crippen molar-refractivity contribution in [1.29, 1.82) is 0 Å². The third kappa shape index (κ3) is 4.20. The molecule has 11 atom stereocenters. The second kappa shape index (κ2) is 10.7. The lowest BCUT2D eigenvalue weighted by atomic mass is 9.33. The zero-order valence-corrected chi connectivity index (χ0v) is 30.9. The number of aliphatic hydroxyl groups is 1. The Hall–Kier alpha value is -2.73. The SMILES string of the molecule is CC1(C)CC[C@]2(C(=O)O)CC[C@]3(C)C(=CC[C@@H]4[C@@]5(C)C[C@@H](O)[C@@H]6OC(c7c8ccccc8cc8ccccc78)OC[C@@]6(C)[C@@H]5CC[C@]43C)[C@@H]2C1. The highest BCUT2D eigenvalue weighted by Crippen LogP contribution is 2.76. The summed E-state index contributed by atoms with van der Waals surface area (Å²) < 4.78 is 13.9. The predicted octanol–water partition coefficient (Wildman–Crippen LogP) is 10.2. The molecule has 0 radical (unpaired) electrons. The lowest BCUT2D eigenvalue weighted by Gasteiger charge is -2.72. The highest BCUT2D eigenvalue weighted by Gasteiger charge is 2.71. The Labute approximate surface area is 297 Å². The van der Waals surface area contributed by atoms with E-state index in [-0.39, 0.29) is 39.1 Å². The Balaban J connectivity index is 1.07. The van der Waals surface area contributed by atoms with Gasteiger partial charge in [0.2, 0.25) is 0 Å². The highest BCUT2D eigenvalue weighted by molar-refractivity contribution is 6.02. The van der Waals surface area contributed by atoms with Crippen LogP contribution in [0.15, 0.2) is 66.2 Å². The van der Waals surface area contributed by atoms with Crippen molar-refractivity contribution in [3.05, 3.63) is 71.8 Å². The molecule has 0 aromatic heterocycles. The molecule has 3 aromatic rings. The number of carboxylic acids is 1. The van der Waals surface area contributed by atoms with Crippen LogP contribution in [0.25, 0.3) is 21.5 Å². The number of rotatable bonds is 2. The number of hydrogen-bond acceptors (Lipinski definition) is 4. The quantitative estimate of drug-likeness (QED) is 0.209. The van der Waals surface area contributed by atoms with Gasteiger partial charge in [0.15, 0.2) is 6.29 Å². The molecule has 5 nitrogen and oxygen atoms in total. The van der Waals surface area contributed by atoms with Gasteiger partial charge in [0.1, 0.15) is 0 Å². The van der Waals surface area contributed by atoms with Crippen molar-refractivity contribution in [3.63, 3.8) is 0 Å². The van der Waals surface area contributed by atoms with Crippen molar-refractivity contribution in [3.8, 4) is 0 Å². The Morgan fingerprint density at radius 2 is 1.46 bits per heavy atom. The summed E-state index contributed by atoms with van der Waals surface area (Å²) in [7, 11) is 0. The standard InChI is InChI=1S/C45H56O5/c1-40(2)19-21-45(39(47)48)22-20-43(5)31(32(45)24-40)15-16-35-41(3)25-33(46)37-42(4,34(41)17-18-44(35,43)6)26-49-38(50-37)36-29-13-9-7-11-27(29)23-28-12-8-10-14-30(28)36/h7-15,23,32-35,37-38,46H,16-22,24-26H2,1-6H3,(H,47,48)/t32-,33+,34+,35+,37-,38?,41-,42-,43+,44+,45-/m0/s1. The van der Waals surface area contributed by atoms with E-state index in [1.54, 1.807) is 0 Å². The van der Waals surface area contributed by atoms with E-state index in [9.17, 15) is 15.0 Å². The van der Waals surface area contributed by atoms with Crippen LogP contribution >= 0.6 is 0 Å². The third-order valence-corrected chi connectivity index (χ3v) is 16.6. The summed E-state index contributed by atoms with van der Waals surface area (Å²) in [5, 5.41) is 27.6. The van der Waals surface area contributed by atoms with E-state index in [0.29, 0.717) is 18.4 Å². The summed E-state index contributed by atoms with van der Waals surface area (Å²) in [5.41, 5.74) is 1.59. The predicted molar refractivity (Wildman–Crippen MR) is 197 cm³/mol. The molecule has 9 rings (SSSR count). The summed E-state index contributed by atoms with van der Waals surface area (Å²) in [5.74, 6) is 0.265. The normalized spacial score (nSPS) is 45.0. The lowest BCUT2D eigenvalue weighted by Crippen LogP contribution is -2.69. The third-order valence-electron chi connectivity index (χ3n) is 16.6. The molecule has 0 spiro atoms. The number of carboxylic acid groups (broad SMARTS) is 1. The summed E-state index contributed by atoms with van der Waals surface area (Å²) >= 11 is 0. The van der Waals surface area contributed by atoms with Crippen LogP contribution in [0.5, 0.6) is 0 Å². The Morgan fingerprint density at radius 1 is 0.800 bits per heavy atom. The average molecular weight is 677 g/mol. The Kier molecular flexibility index (Phi) is 7.07. The van der Waals surface area contributed by atoms with Crippen LogP contribution in [0, 0.1) is 50.2 Å². The van der Waals surface area contributed by atoms with Crippen LogP contribution in [-0.4, -0.2) is 35.0 Å². The molecule has 266 valence electrons. The number of carbonyl (C=O) groups is 1. The second-order valence-electron chi connectivity index (χ2n) is 19.4. The number of fused-ring (bicyclic) bond motifs is 11. The molecule has 5 heteroatoms. The first-order valence-corrected chi connectivity index (χ1v) is 19.5. The maximum absolute atomic E-state index is 13.1. The van der Waals surface area contributed by atoms with Gasteiger partial charge in [-0.05, 0) is 125 Å². The number of aliphatic carboxylic acids is 1. The molecule has 0 bridgehead atoms. The average Bonchev–Trinajstić information content (AvgIpc) is 3.07. The van der Waals surface area contributed by atoms with Gasteiger partial charge in [-0.2, -0.15) is 0 Å². The fourth-order valence-electron chi connectivity index (χ4n) is 13.9. The van der Waals surface area contributed by atoms with Crippen LogP contribution < -0.4 is 0 Å². The molecular formula is C45H56O5. The summed E-state index contributed by atoms with van der Waals surface area (Å²) in [4.78, 5) is 13.1. The van der Waals surface area contributed by atoms with Gasteiger partial charge in [-0.1, -0.05) is 102 Å². The molecule has 0 amide bonds. The Bertz CT molecular complexity index is 1870. The maximum atomic E-state index is 13.1. The van der Waals surface area contributed by atoms with Crippen LogP contribution in [-0.2, 0) is 14.3 Å². The van der Waals surface area contributed by atoms with Crippen molar-refractivity contribution < 1.29 is 24.5 Å². The second-order valence-corrected chi connectivity index (χ2v) is 19.4. The minimum absolute atomic E-state index is 0.0261. The van der Waals surface area contributed by atoms with Crippen LogP contribution in [0.1, 0.15) is 111 Å². The fourth-order valence-corrected chi connectivity index (χ4v) is 13.9. The van der Waals surface area contributed by atoms with E-state index in [1.165, 1.54) is 16.3 Å². The van der Waals surface area contributed by atoms with Crippen LogP contribution in [0.2, 0.25) is 0 Å². The van der Waals surface area contributed by atoms with Crippen LogP contribution in [0.4, 0.5) is 0 Å². The number of hydrogen-bond donors (Lipinski definition) is 2. The van der Waals surface area contributed by atoms with Gasteiger partial charge in [0.25, 0.3) is 0 Å². The lowest BCUT2D eigenvalue weighted by molar-refractivity contribution is -0.338. The summed E-state index contributed by atoms with van der Waals surface area (Å²) in [6, 6.07) is 19.2. The van der Waals surface area contributed by atoms with Crippen LogP contribution in [0.3, 0.4) is 0 Å². The zero-order chi connectivity index (χ0) is 35.1. The van der Waals surface area contributed by atoms with Crippen molar-refractivity contribution in [1.82, 2.24) is 0 Å². The first-order valence-electron chi connectivity index (χ1n) is 19.5. The number of ether oxygens (including phenoxy) is 2. The first-order chi connectivity index (χ1) is 23.7. The van der Waals surface area contributed by atoms with E-state index in [1.807, 2.05) is 0 Å². The molecule has 4 saturated carbocycles. The zero-order valence-electron chi connectivity index (χ0n) is 30.9. The van der Waals surface area contributed by atoms with E-state index >= 15 is 0 Å². The minimum atomic E-state index is -0.629. The van der Waals surface area contributed by atoms with Gasteiger partial charge >= 0.3 is 5.97 Å². The van der Waals surface area contributed by atoms with Gasteiger partial charge in [0.05, 0.1) is 24.2 Å². The molecule has 1 unspecified atom stereocenters. The molecule has 3 aromatic carbocycles. The van der Waals surface area contributed by atoms with Gasteiger partial charge < -0.3 is 19.7 Å². The van der Waals surface area contributed by atoms with Crippen molar-refractivity contribution in [2.75, 3.05) is 6.61 Å². The van der Waals surface area contributed by atoms with E-state index in [0.717, 1.165) is 74.1 Å². The molecule has 5 aliphatic carbocycles. The first kappa shape index (κ1) is 33.1. The minimum Gasteiger partial charge on any atom is -0.481 e. The topological polar surface area (TPSA) is 76.0 Å². The van der Waals surface area contributed by atoms with Crippen molar-refractivity contribution in [2.45, 2.75) is 118 Å². The van der Waals surface area contributed by atoms with Gasteiger partial charge in [-0.25, -0.2) is 0 Å². The highest BCUT2D eigenvalue weighted by atomic mass is 16.7. The summed E-state index contributed by atoms with van der Waals surface area (Å²) in [6.45, 7) is 15.1.